The second-order valence-electron chi connectivity index (χ2n) is 8.59. The van der Waals surface area contributed by atoms with Crippen molar-refractivity contribution in [2.24, 2.45) is 5.92 Å². The highest BCUT2D eigenvalue weighted by atomic mass is 32.2. The zero-order valence-corrected chi connectivity index (χ0v) is 21.3. The summed E-state index contributed by atoms with van der Waals surface area (Å²) in [6, 6.07) is 5.23. The van der Waals surface area contributed by atoms with Crippen LogP contribution < -0.4 is 15.4 Å². The van der Waals surface area contributed by atoms with Gasteiger partial charge in [-0.05, 0) is 81.6 Å². The van der Waals surface area contributed by atoms with E-state index < -0.39 is 9.71 Å². The molecule has 0 saturated heterocycles. The van der Waals surface area contributed by atoms with E-state index in [1.165, 1.54) is 25.3 Å². The van der Waals surface area contributed by atoms with Crippen molar-refractivity contribution in [3.05, 3.63) is 29.6 Å². The molecule has 0 amide bonds. The second-order valence-corrected chi connectivity index (χ2v) is 10.8. The maximum Gasteiger partial charge on any atom is 0.146 e. The Bertz CT molecular complexity index is 728. The predicted molar refractivity (Wildman–Crippen MR) is 137 cm³/mol. The molecule has 3 N–H and O–H groups in total. The summed E-state index contributed by atoms with van der Waals surface area (Å²) in [6.45, 7) is 10.1. The van der Waals surface area contributed by atoms with Gasteiger partial charge < -0.3 is 10.6 Å². The lowest BCUT2D eigenvalue weighted by molar-refractivity contribution is 0.606. The number of nitrogens with one attached hydrogen (secondary N) is 3. The molecule has 2 aliphatic rings. The molecule has 0 radical (unpaired) electrons. The molecule has 0 heterocycles. The molecular weight excluding hydrogens is 409 g/mol. The third-order valence-electron chi connectivity index (χ3n) is 5.33. The van der Waals surface area contributed by atoms with E-state index in [4.69, 9.17) is 0 Å². The Kier molecular flexibility index (Phi) is 12.7. The zero-order valence-electron chi connectivity index (χ0n) is 20.5. The molecule has 31 heavy (non-hydrogen) atoms. The maximum absolute atomic E-state index is 14.1. The first-order valence-electron chi connectivity index (χ1n) is 12.2. The van der Waals surface area contributed by atoms with Gasteiger partial charge in [-0.3, -0.25) is 4.21 Å². The topological polar surface area (TPSA) is 53.2 Å². The van der Waals surface area contributed by atoms with Crippen molar-refractivity contribution >= 4 is 21.3 Å². The summed E-state index contributed by atoms with van der Waals surface area (Å²) < 4.78 is 30.3. The first-order chi connectivity index (χ1) is 14.9. The Labute approximate surface area is 191 Å². The molecule has 6 heteroatoms. The molecule has 0 aliphatic heterocycles. The Balaban J connectivity index is 0.000000884. The maximum atomic E-state index is 14.1. The van der Waals surface area contributed by atoms with Crippen LogP contribution in [0.4, 0.5) is 10.1 Å². The van der Waals surface area contributed by atoms with Crippen molar-refractivity contribution in [3.63, 3.8) is 0 Å². The number of hydrogen-bond acceptors (Lipinski definition) is 3. The van der Waals surface area contributed by atoms with Gasteiger partial charge in [-0.25, -0.2) is 9.11 Å². The first-order valence-corrected chi connectivity index (χ1v) is 14.1. The van der Waals surface area contributed by atoms with Crippen molar-refractivity contribution in [2.75, 3.05) is 31.2 Å². The van der Waals surface area contributed by atoms with Crippen LogP contribution in [0.2, 0.25) is 0 Å². The molecule has 2 fully saturated rings. The van der Waals surface area contributed by atoms with Crippen LogP contribution in [-0.4, -0.2) is 36.0 Å². The molecule has 1 aromatic rings. The van der Waals surface area contributed by atoms with Crippen LogP contribution in [0, 0.1) is 11.7 Å². The quantitative estimate of drug-likeness (QED) is 0.280. The fraction of sp³-hybridized carbons (Fsp3) is 0.720. The van der Waals surface area contributed by atoms with Crippen LogP contribution in [0.3, 0.4) is 0 Å². The van der Waals surface area contributed by atoms with E-state index in [0.29, 0.717) is 17.4 Å². The number of halogens is 1. The molecule has 2 aliphatic carbocycles. The lowest BCUT2D eigenvalue weighted by Crippen LogP contribution is -2.36. The van der Waals surface area contributed by atoms with Crippen molar-refractivity contribution in [1.29, 1.82) is 0 Å². The van der Waals surface area contributed by atoms with Gasteiger partial charge in [0.25, 0.3) is 0 Å². The highest BCUT2D eigenvalue weighted by molar-refractivity contribution is 7.98. The summed E-state index contributed by atoms with van der Waals surface area (Å²) in [7, 11) is -0.392. The van der Waals surface area contributed by atoms with Crippen LogP contribution >= 0.6 is 0 Å². The van der Waals surface area contributed by atoms with Crippen LogP contribution in [0.25, 0.3) is 0 Å². The standard InChI is InChI=1S/C20H32FN3OS.C3H8.C2H6/c1-22-12-4-3-5-13-26(2,25)24-20(10-11-20)17-8-9-18(21)19(14-17)23-15-16-6-7-16;1-3-2;1-2/h8-9,14,16,22-23H,2-7,10-13,15H2,1H3,(H,24,25);3H2,1-2H3;1-2H3. The van der Waals surface area contributed by atoms with Gasteiger partial charge >= 0.3 is 0 Å². The summed E-state index contributed by atoms with van der Waals surface area (Å²) in [5.74, 6) is 5.02. The van der Waals surface area contributed by atoms with E-state index in [-0.39, 0.29) is 11.4 Å². The van der Waals surface area contributed by atoms with Gasteiger partial charge in [0.1, 0.15) is 5.82 Å². The minimum Gasteiger partial charge on any atom is -0.382 e. The highest BCUT2D eigenvalue weighted by Gasteiger charge is 2.46. The van der Waals surface area contributed by atoms with Crippen LogP contribution in [-0.2, 0) is 15.2 Å². The average molecular weight is 456 g/mol. The molecule has 3 rings (SSSR count). The minimum absolute atomic E-state index is 0.218. The third-order valence-corrected chi connectivity index (χ3v) is 7.04. The Hall–Kier alpha value is -1.11. The van der Waals surface area contributed by atoms with Gasteiger partial charge in [-0.15, -0.1) is 0 Å². The smallest absolute Gasteiger partial charge is 0.146 e. The molecule has 1 unspecified atom stereocenters. The second kappa shape index (κ2) is 14.1. The molecule has 0 spiro atoms. The van der Waals surface area contributed by atoms with Crippen molar-refractivity contribution in [2.45, 2.75) is 84.6 Å². The molecule has 4 nitrogen and oxygen atoms in total. The monoisotopic (exact) mass is 455 g/mol. The van der Waals surface area contributed by atoms with Gasteiger partial charge in [0, 0.05) is 22.0 Å². The molecular formula is C25H46FN3OS. The molecule has 1 aromatic carbocycles. The van der Waals surface area contributed by atoms with E-state index in [9.17, 15) is 8.60 Å². The van der Waals surface area contributed by atoms with Crippen LogP contribution in [0.1, 0.15) is 84.6 Å². The average Bonchev–Trinajstić information content (AvgIpc) is 3.66. The van der Waals surface area contributed by atoms with Crippen molar-refractivity contribution in [1.82, 2.24) is 10.0 Å². The Morgan fingerprint density at radius 1 is 1.16 bits per heavy atom. The fourth-order valence-corrected chi connectivity index (χ4v) is 5.14. The summed E-state index contributed by atoms with van der Waals surface area (Å²) >= 11 is 0. The predicted octanol–water partition coefficient (Wildman–Crippen LogP) is 5.69. The van der Waals surface area contributed by atoms with E-state index >= 15 is 0 Å². The normalized spacial score (nSPS) is 18.0. The Morgan fingerprint density at radius 2 is 1.81 bits per heavy atom. The van der Waals surface area contributed by atoms with Gasteiger partial charge in [-0.1, -0.05) is 46.6 Å². The number of rotatable bonds is 12. The van der Waals surface area contributed by atoms with Gasteiger partial charge in [-0.2, -0.15) is 0 Å². The SMILES string of the molecule is C=S(=O)(CCCCCNC)NC1(c2ccc(F)c(NCC3CC3)c2)CC1.CC.CCC. The van der Waals surface area contributed by atoms with E-state index in [1.807, 2.05) is 33.0 Å². The summed E-state index contributed by atoms with van der Waals surface area (Å²) in [5, 5.41) is 6.36. The Morgan fingerprint density at radius 3 is 2.35 bits per heavy atom. The van der Waals surface area contributed by atoms with E-state index in [1.54, 1.807) is 0 Å². The summed E-state index contributed by atoms with van der Waals surface area (Å²) in [5.41, 5.74) is 1.28. The zero-order chi connectivity index (χ0) is 23.3. The van der Waals surface area contributed by atoms with Crippen LogP contribution in [0.5, 0.6) is 0 Å². The molecule has 180 valence electrons. The molecule has 1 atom stereocenters. The lowest BCUT2D eigenvalue weighted by atomic mass is 10.0. The number of unbranched alkanes of at least 4 members (excludes halogenated alkanes) is 2. The minimum atomic E-state index is -2.34. The fourth-order valence-electron chi connectivity index (χ4n) is 3.33. The van der Waals surface area contributed by atoms with Gasteiger partial charge in [0.2, 0.25) is 0 Å². The van der Waals surface area contributed by atoms with Gasteiger partial charge in [0.05, 0.1) is 11.2 Å². The molecule has 2 saturated carbocycles. The van der Waals surface area contributed by atoms with Crippen molar-refractivity contribution < 1.29 is 8.60 Å². The summed E-state index contributed by atoms with van der Waals surface area (Å²) in [4.78, 5) is 0. The van der Waals surface area contributed by atoms with Crippen LogP contribution in [0.15, 0.2) is 18.2 Å². The molecule has 0 aromatic heterocycles. The number of hydrogen-bond donors (Lipinski definition) is 3. The summed E-state index contributed by atoms with van der Waals surface area (Å²) in [6.07, 6.45) is 8.61. The highest BCUT2D eigenvalue weighted by Crippen LogP contribution is 2.47. The third kappa shape index (κ3) is 10.4. The first kappa shape index (κ1) is 27.9. The lowest BCUT2D eigenvalue weighted by Gasteiger charge is -2.22. The number of anilines is 1. The molecule has 0 bridgehead atoms. The van der Waals surface area contributed by atoms with E-state index in [2.05, 4.69) is 35.1 Å². The largest absolute Gasteiger partial charge is 0.382 e. The number of benzene rings is 1. The van der Waals surface area contributed by atoms with Crippen molar-refractivity contribution in [3.8, 4) is 0 Å². The van der Waals surface area contributed by atoms with E-state index in [0.717, 1.165) is 50.8 Å². The van der Waals surface area contributed by atoms with Gasteiger partial charge in [0.15, 0.2) is 0 Å².